The molecule has 1 aliphatic rings. The van der Waals surface area contributed by atoms with E-state index in [9.17, 15) is 0 Å². The number of alkyl halides is 1. The lowest BCUT2D eigenvalue weighted by Gasteiger charge is -2.12. The molecule has 2 atom stereocenters. The van der Waals surface area contributed by atoms with Gasteiger partial charge in [-0.3, -0.25) is 0 Å². The zero-order valence-electron chi connectivity index (χ0n) is 9.34. The third kappa shape index (κ3) is 3.22. The highest BCUT2D eigenvalue weighted by molar-refractivity contribution is 9.10. The molecule has 0 amide bonds. The molecular formula is C12H16BrClOS. The number of hydrogen-bond donors (Lipinski definition) is 0. The Balaban J connectivity index is 1.87. The van der Waals surface area contributed by atoms with Gasteiger partial charge in [0.1, 0.15) is 0 Å². The van der Waals surface area contributed by atoms with Crippen LogP contribution in [0, 0.1) is 6.92 Å². The fraction of sp³-hybridized carbons (Fsp3) is 0.667. The highest BCUT2D eigenvalue weighted by atomic mass is 79.9. The molecule has 2 rings (SSSR count). The van der Waals surface area contributed by atoms with Gasteiger partial charge >= 0.3 is 0 Å². The Kier molecular flexibility index (Phi) is 4.71. The average molecular weight is 324 g/mol. The highest BCUT2D eigenvalue weighted by Crippen LogP contribution is 2.38. The molecule has 0 N–H and O–H groups in total. The molecule has 1 aromatic heterocycles. The number of halogens is 2. The highest BCUT2D eigenvalue weighted by Gasteiger charge is 2.19. The van der Waals surface area contributed by atoms with E-state index in [1.54, 1.807) is 11.3 Å². The van der Waals surface area contributed by atoms with Crippen molar-refractivity contribution in [2.24, 2.45) is 0 Å². The lowest BCUT2D eigenvalue weighted by atomic mass is 10.1. The minimum absolute atomic E-state index is 0.122. The summed E-state index contributed by atoms with van der Waals surface area (Å²) in [5, 5.41) is 0.122. The second kappa shape index (κ2) is 5.85. The van der Waals surface area contributed by atoms with Crippen LogP contribution in [0.4, 0.5) is 0 Å². The predicted octanol–water partition coefficient (Wildman–Crippen LogP) is 5.06. The summed E-state index contributed by atoms with van der Waals surface area (Å²) in [7, 11) is 0. The van der Waals surface area contributed by atoms with Gasteiger partial charge in [-0.15, -0.1) is 22.9 Å². The first kappa shape index (κ1) is 12.9. The summed E-state index contributed by atoms with van der Waals surface area (Å²) >= 11 is 11.8. The van der Waals surface area contributed by atoms with E-state index in [0.717, 1.165) is 23.9 Å². The number of ether oxygens (including phenoxy) is 1. The van der Waals surface area contributed by atoms with Crippen molar-refractivity contribution in [2.45, 2.75) is 44.1 Å². The smallest absolute Gasteiger partial charge is 0.0691 e. The van der Waals surface area contributed by atoms with Crippen molar-refractivity contribution in [2.75, 3.05) is 6.61 Å². The van der Waals surface area contributed by atoms with Crippen LogP contribution < -0.4 is 0 Å². The molecular weight excluding hydrogens is 308 g/mol. The lowest BCUT2D eigenvalue weighted by molar-refractivity contribution is 0.102. The fourth-order valence-electron chi connectivity index (χ4n) is 2.05. The van der Waals surface area contributed by atoms with Crippen molar-refractivity contribution >= 4 is 38.9 Å². The summed E-state index contributed by atoms with van der Waals surface area (Å²) in [5.41, 5.74) is 0. The van der Waals surface area contributed by atoms with Crippen LogP contribution in [0.1, 0.15) is 40.8 Å². The van der Waals surface area contributed by atoms with Crippen molar-refractivity contribution < 1.29 is 4.74 Å². The van der Waals surface area contributed by atoms with E-state index in [1.807, 2.05) is 0 Å². The second-order valence-corrected chi connectivity index (χ2v) is 6.92. The van der Waals surface area contributed by atoms with Gasteiger partial charge in [-0.25, -0.2) is 0 Å². The van der Waals surface area contributed by atoms with Crippen LogP contribution in [0.2, 0.25) is 0 Å². The molecule has 1 aliphatic heterocycles. The molecule has 0 radical (unpaired) electrons. The summed E-state index contributed by atoms with van der Waals surface area (Å²) in [6.07, 6.45) is 4.94. The molecule has 0 aromatic carbocycles. The SMILES string of the molecule is Cc1cc(Br)c(C(Cl)CCC2CCCO2)s1. The van der Waals surface area contributed by atoms with Gasteiger partial charge in [0.15, 0.2) is 0 Å². The van der Waals surface area contributed by atoms with E-state index in [0.29, 0.717) is 6.10 Å². The Morgan fingerprint density at radius 1 is 1.69 bits per heavy atom. The third-order valence-electron chi connectivity index (χ3n) is 2.89. The molecule has 0 spiro atoms. The zero-order valence-corrected chi connectivity index (χ0v) is 12.5. The Hall–Kier alpha value is 0.430. The van der Waals surface area contributed by atoms with Crippen LogP contribution >= 0.6 is 38.9 Å². The van der Waals surface area contributed by atoms with Crippen LogP contribution in [0.5, 0.6) is 0 Å². The summed E-state index contributed by atoms with van der Waals surface area (Å²) < 4.78 is 6.76. The average Bonchev–Trinajstić information content (AvgIpc) is 2.84. The van der Waals surface area contributed by atoms with Crippen molar-refractivity contribution in [3.63, 3.8) is 0 Å². The fourth-order valence-corrected chi connectivity index (χ4v) is 4.50. The van der Waals surface area contributed by atoms with Gasteiger partial charge in [0.05, 0.1) is 11.5 Å². The Bertz CT molecular complexity index is 347. The Morgan fingerprint density at radius 2 is 2.50 bits per heavy atom. The van der Waals surface area contributed by atoms with Crippen LogP contribution in [-0.4, -0.2) is 12.7 Å². The van der Waals surface area contributed by atoms with Crippen LogP contribution in [-0.2, 0) is 4.74 Å². The van der Waals surface area contributed by atoms with Crippen molar-refractivity contribution in [3.05, 3.63) is 20.3 Å². The molecule has 2 unspecified atom stereocenters. The first-order valence-corrected chi connectivity index (χ1v) is 7.73. The molecule has 1 nitrogen and oxygen atoms in total. The van der Waals surface area contributed by atoms with E-state index < -0.39 is 0 Å². The van der Waals surface area contributed by atoms with E-state index in [4.69, 9.17) is 16.3 Å². The van der Waals surface area contributed by atoms with Crippen LogP contribution in [0.3, 0.4) is 0 Å². The zero-order chi connectivity index (χ0) is 11.5. The van der Waals surface area contributed by atoms with Gasteiger partial charge < -0.3 is 4.74 Å². The van der Waals surface area contributed by atoms with Gasteiger partial charge in [0, 0.05) is 20.8 Å². The van der Waals surface area contributed by atoms with Gasteiger partial charge in [-0.05, 0) is 54.6 Å². The van der Waals surface area contributed by atoms with E-state index in [-0.39, 0.29) is 5.38 Å². The van der Waals surface area contributed by atoms with Crippen LogP contribution in [0.25, 0.3) is 0 Å². The minimum Gasteiger partial charge on any atom is -0.378 e. The van der Waals surface area contributed by atoms with Crippen LogP contribution in [0.15, 0.2) is 10.5 Å². The first-order chi connectivity index (χ1) is 7.66. The van der Waals surface area contributed by atoms with Gasteiger partial charge in [-0.2, -0.15) is 0 Å². The summed E-state index contributed by atoms with van der Waals surface area (Å²) in [6, 6.07) is 2.14. The Labute approximate surface area is 114 Å². The predicted molar refractivity (Wildman–Crippen MR) is 73.6 cm³/mol. The van der Waals surface area contributed by atoms with E-state index in [2.05, 4.69) is 28.9 Å². The molecule has 0 saturated carbocycles. The van der Waals surface area contributed by atoms with E-state index >= 15 is 0 Å². The molecule has 1 saturated heterocycles. The maximum Gasteiger partial charge on any atom is 0.0691 e. The van der Waals surface area contributed by atoms with Gasteiger partial charge in [-0.1, -0.05) is 0 Å². The molecule has 90 valence electrons. The van der Waals surface area contributed by atoms with Crippen molar-refractivity contribution in [1.29, 1.82) is 0 Å². The van der Waals surface area contributed by atoms with Crippen molar-refractivity contribution in [1.82, 2.24) is 0 Å². The molecule has 16 heavy (non-hydrogen) atoms. The molecule has 2 heterocycles. The second-order valence-electron chi connectivity index (χ2n) is 4.25. The van der Waals surface area contributed by atoms with Gasteiger partial charge in [0.25, 0.3) is 0 Å². The summed E-state index contributed by atoms with van der Waals surface area (Å²) in [6.45, 7) is 3.04. The topological polar surface area (TPSA) is 9.23 Å². The number of thiophene rings is 1. The summed E-state index contributed by atoms with van der Waals surface area (Å²) in [5.74, 6) is 0. The Morgan fingerprint density at radius 3 is 3.06 bits per heavy atom. The standard InChI is InChI=1S/C12H16BrClOS/c1-8-7-10(13)12(16-8)11(14)5-4-9-3-2-6-15-9/h7,9,11H,2-6H2,1H3. The molecule has 0 aliphatic carbocycles. The number of hydrogen-bond acceptors (Lipinski definition) is 2. The third-order valence-corrected chi connectivity index (χ3v) is 5.54. The first-order valence-electron chi connectivity index (χ1n) is 5.68. The molecule has 1 fully saturated rings. The number of rotatable bonds is 4. The summed E-state index contributed by atoms with van der Waals surface area (Å²) in [4.78, 5) is 2.57. The molecule has 0 bridgehead atoms. The lowest BCUT2D eigenvalue weighted by Crippen LogP contribution is -2.05. The van der Waals surface area contributed by atoms with E-state index in [1.165, 1.54) is 22.6 Å². The maximum atomic E-state index is 6.43. The molecule has 1 aromatic rings. The monoisotopic (exact) mass is 322 g/mol. The van der Waals surface area contributed by atoms with Gasteiger partial charge in [0.2, 0.25) is 0 Å². The quantitative estimate of drug-likeness (QED) is 0.704. The number of aryl methyl sites for hydroxylation is 1. The molecule has 4 heteroatoms. The largest absolute Gasteiger partial charge is 0.378 e. The minimum atomic E-state index is 0.122. The van der Waals surface area contributed by atoms with Crippen molar-refractivity contribution in [3.8, 4) is 0 Å². The normalized spacial score (nSPS) is 22.6. The maximum absolute atomic E-state index is 6.43.